The summed E-state index contributed by atoms with van der Waals surface area (Å²) in [5.74, 6) is 0. The van der Waals surface area contributed by atoms with Crippen LogP contribution >= 0.6 is 0 Å². The Balaban J connectivity index is 1.16. The number of likely N-dealkylation sites (tertiary alicyclic amines) is 2. The van der Waals surface area contributed by atoms with Crippen molar-refractivity contribution in [3.05, 3.63) is 0 Å². The molecule has 4 fully saturated rings. The van der Waals surface area contributed by atoms with Crippen LogP contribution in [0.25, 0.3) is 0 Å². The third-order valence-electron chi connectivity index (χ3n) is 6.17. The Hall–Kier alpha value is -0.820. The largest absolute Gasteiger partial charge is 0.377 e. The lowest BCUT2D eigenvalue weighted by molar-refractivity contribution is 0.0727. The lowest BCUT2D eigenvalue weighted by Crippen LogP contribution is -2.39. The molecule has 0 aromatic heterocycles. The van der Waals surface area contributed by atoms with Crippen LogP contribution in [-0.2, 0) is 9.47 Å². The zero-order chi connectivity index (χ0) is 17.6. The molecule has 26 heavy (non-hydrogen) atoms. The predicted molar refractivity (Wildman–Crippen MR) is 104 cm³/mol. The van der Waals surface area contributed by atoms with Gasteiger partial charge >= 0.3 is 0 Å². The predicted octanol–water partition coefficient (Wildman–Crippen LogP) is 2.33. The molecule has 146 valence electrons. The minimum Gasteiger partial charge on any atom is -0.377 e. The Bertz CT molecular complexity index is 444. The van der Waals surface area contributed by atoms with Gasteiger partial charge in [0.05, 0.1) is 12.2 Å². The Morgan fingerprint density at radius 2 is 1.12 bits per heavy atom. The fourth-order valence-corrected chi connectivity index (χ4v) is 4.48. The van der Waals surface area contributed by atoms with Gasteiger partial charge in [-0.05, 0) is 25.7 Å². The third kappa shape index (κ3) is 5.35. The Kier molecular flexibility index (Phi) is 6.70. The van der Waals surface area contributed by atoms with Gasteiger partial charge in [-0.3, -0.25) is 0 Å². The van der Waals surface area contributed by atoms with Gasteiger partial charge in [-0.1, -0.05) is 0 Å². The topological polar surface area (TPSA) is 49.7 Å². The summed E-state index contributed by atoms with van der Waals surface area (Å²) in [5.41, 5.74) is 2.56. The van der Waals surface area contributed by atoms with Crippen molar-refractivity contribution in [3.8, 4) is 0 Å². The van der Waals surface area contributed by atoms with Gasteiger partial charge in [-0.15, -0.1) is 0 Å². The first kappa shape index (κ1) is 18.5. The molecule has 0 amide bonds. The monoisotopic (exact) mass is 362 g/mol. The highest BCUT2D eigenvalue weighted by Crippen LogP contribution is 2.18. The van der Waals surface area contributed by atoms with Crippen molar-refractivity contribution in [2.45, 2.75) is 63.6 Å². The number of hydrogen-bond acceptors (Lipinski definition) is 6. The molecule has 0 aliphatic carbocycles. The van der Waals surface area contributed by atoms with E-state index in [-0.39, 0.29) is 0 Å². The van der Waals surface area contributed by atoms with E-state index in [1.54, 1.807) is 0 Å². The van der Waals surface area contributed by atoms with E-state index >= 15 is 0 Å². The van der Waals surface area contributed by atoms with Crippen LogP contribution < -0.4 is 0 Å². The Labute approximate surface area is 157 Å². The summed E-state index contributed by atoms with van der Waals surface area (Å²) in [7, 11) is 0. The maximum absolute atomic E-state index is 5.75. The summed E-state index contributed by atoms with van der Waals surface area (Å²) in [5, 5.41) is 9.21. The van der Waals surface area contributed by atoms with E-state index in [9.17, 15) is 0 Å². The SMILES string of the molecule is C1COC(CN2CCC(=NN=C3CCN(CC4CCCO4)CC3)CC2)C1. The summed E-state index contributed by atoms with van der Waals surface area (Å²) in [6.07, 6.45) is 10.1. The molecule has 4 aliphatic heterocycles. The number of rotatable bonds is 5. The van der Waals surface area contributed by atoms with Crippen molar-refractivity contribution in [2.75, 3.05) is 52.5 Å². The van der Waals surface area contributed by atoms with Crippen LogP contribution in [0, 0.1) is 0 Å². The first-order valence-electron chi connectivity index (χ1n) is 10.6. The van der Waals surface area contributed by atoms with Gasteiger partial charge in [-0.2, -0.15) is 10.2 Å². The van der Waals surface area contributed by atoms with E-state index < -0.39 is 0 Å². The van der Waals surface area contributed by atoms with Gasteiger partial charge < -0.3 is 19.3 Å². The molecule has 2 atom stereocenters. The smallest absolute Gasteiger partial charge is 0.0702 e. The molecule has 0 N–H and O–H groups in total. The molecule has 4 heterocycles. The molecular weight excluding hydrogens is 328 g/mol. The van der Waals surface area contributed by atoms with E-state index in [1.807, 2.05) is 0 Å². The molecule has 4 saturated heterocycles. The summed E-state index contributed by atoms with van der Waals surface area (Å²) >= 11 is 0. The number of nitrogens with zero attached hydrogens (tertiary/aromatic N) is 4. The van der Waals surface area contributed by atoms with Gasteiger partial charge in [0.15, 0.2) is 0 Å². The molecule has 6 nitrogen and oxygen atoms in total. The molecule has 0 spiro atoms. The molecule has 0 bridgehead atoms. The maximum Gasteiger partial charge on any atom is 0.0702 e. The highest BCUT2D eigenvalue weighted by atomic mass is 16.5. The highest BCUT2D eigenvalue weighted by molar-refractivity contribution is 5.89. The van der Waals surface area contributed by atoms with E-state index in [2.05, 4.69) is 20.0 Å². The Morgan fingerprint density at radius 3 is 1.46 bits per heavy atom. The van der Waals surface area contributed by atoms with E-state index in [4.69, 9.17) is 9.47 Å². The van der Waals surface area contributed by atoms with Gasteiger partial charge in [0, 0.05) is 89.6 Å². The van der Waals surface area contributed by atoms with Crippen LogP contribution in [0.1, 0.15) is 51.4 Å². The third-order valence-corrected chi connectivity index (χ3v) is 6.17. The standard InChI is InChI=1S/C20H34N4O2/c1-3-19(25-13-1)15-23-9-5-17(6-10-23)21-22-18-7-11-24(12-8-18)16-20-4-2-14-26-20/h19-20H,1-16H2. The molecule has 2 unspecified atom stereocenters. The fraction of sp³-hybridized carbons (Fsp3) is 0.900. The molecule has 6 heteroatoms. The van der Waals surface area contributed by atoms with Crippen LogP contribution in [-0.4, -0.2) is 85.9 Å². The van der Waals surface area contributed by atoms with Crippen molar-refractivity contribution in [1.82, 2.24) is 9.80 Å². The van der Waals surface area contributed by atoms with E-state index in [0.29, 0.717) is 12.2 Å². The molecular formula is C20H34N4O2. The second-order valence-electron chi connectivity index (χ2n) is 8.20. The molecule has 4 rings (SSSR count). The highest BCUT2D eigenvalue weighted by Gasteiger charge is 2.23. The van der Waals surface area contributed by atoms with Crippen molar-refractivity contribution in [3.63, 3.8) is 0 Å². The van der Waals surface area contributed by atoms with Crippen LogP contribution in [0.15, 0.2) is 10.2 Å². The van der Waals surface area contributed by atoms with Crippen LogP contribution in [0.2, 0.25) is 0 Å². The van der Waals surface area contributed by atoms with Crippen LogP contribution in [0.3, 0.4) is 0 Å². The normalized spacial score (nSPS) is 31.5. The minimum absolute atomic E-state index is 0.466. The molecule has 0 aromatic rings. The summed E-state index contributed by atoms with van der Waals surface area (Å²) in [6.45, 7) is 8.54. The van der Waals surface area contributed by atoms with Gasteiger partial charge in [0.1, 0.15) is 0 Å². The van der Waals surface area contributed by atoms with Crippen molar-refractivity contribution in [1.29, 1.82) is 0 Å². The summed E-state index contributed by atoms with van der Waals surface area (Å²) < 4.78 is 11.5. The lowest BCUT2D eigenvalue weighted by atomic mass is 10.1. The molecule has 0 saturated carbocycles. The number of hydrogen-bond donors (Lipinski definition) is 0. The van der Waals surface area contributed by atoms with Crippen LogP contribution in [0.4, 0.5) is 0 Å². The van der Waals surface area contributed by atoms with Crippen LogP contribution in [0.5, 0.6) is 0 Å². The molecule has 0 aromatic carbocycles. The number of ether oxygens (including phenoxy) is 2. The van der Waals surface area contributed by atoms with Gasteiger partial charge in [-0.25, -0.2) is 0 Å². The van der Waals surface area contributed by atoms with E-state index in [0.717, 1.165) is 78.2 Å². The average Bonchev–Trinajstić information content (AvgIpc) is 3.37. The quantitative estimate of drug-likeness (QED) is 0.705. The van der Waals surface area contributed by atoms with Gasteiger partial charge in [0.25, 0.3) is 0 Å². The van der Waals surface area contributed by atoms with Crippen molar-refractivity contribution in [2.24, 2.45) is 10.2 Å². The second-order valence-corrected chi connectivity index (χ2v) is 8.20. The number of piperidine rings is 2. The molecule has 0 radical (unpaired) electrons. The first-order chi connectivity index (χ1) is 12.8. The fourth-order valence-electron chi connectivity index (χ4n) is 4.48. The van der Waals surface area contributed by atoms with Crippen molar-refractivity contribution >= 4 is 11.4 Å². The van der Waals surface area contributed by atoms with Gasteiger partial charge in [0.2, 0.25) is 0 Å². The summed E-state index contributed by atoms with van der Waals surface area (Å²) in [4.78, 5) is 5.07. The first-order valence-corrected chi connectivity index (χ1v) is 10.6. The second kappa shape index (κ2) is 9.40. The van der Waals surface area contributed by atoms with E-state index in [1.165, 1.54) is 37.1 Å². The zero-order valence-corrected chi connectivity index (χ0v) is 16.1. The minimum atomic E-state index is 0.466. The van der Waals surface area contributed by atoms with Crippen molar-refractivity contribution < 1.29 is 9.47 Å². The zero-order valence-electron chi connectivity index (χ0n) is 16.1. The lowest BCUT2D eigenvalue weighted by Gasteiger charge is -2.30. The molecule has 4 aliphatic rings. The Morgan fingerprint density at radius 1 is 0.692 bits per heavy atom. The average molecular weight is 363 g/mol. The maximum atomic E-state index is 5.75. The summed E-state index contributed by atoms with van der Waals surface area (Å²) in [6, 6.07) is 0.